The average Bonchev–Trinajstić information content (AvgIpc) is 2.83. The molecule has 21 heavy (non-hydrogen) atoms. The maximum Gasteiger partial charge on any atom is 0.191 e. The quantitative estimate of drug-likeness (QED) is 0.650. The maximum atomic E-state index is 11.4. The number of hydrogen-bond acceptors (Lipinski definition) is 3. The summed E-state index contributed by atoms with van der Waals surface area (Å²) in [6.45, 7) is 2.71. The zero-order valence-electron chi connectivity index (χ0n) is 12.5. The Hall–Kier alpha value is -1.56. The third kappa shape index (κ3) is 4.74. The van der Waals surface area contributed by atoms with Gasteiger partial charge in [0.1, 0.15) is 0 Å². The topological polar surface area (TPSA) is 70.6 Å². The molecule has 2 unspecified atom stereocenters. The first-order chi connectivity index (χ1) is 10.00. The van der Waals surface area contributed by atoms with Gasteiger partial charge in [-0.1, -0.05) is 30.3 Å². The van der Waals surface area contributed by atoms with Crippen LogP contribution in [0.2, 0.25) is 0 Å². The van der Waals surface area contributed by atoms with Crippen molar-refractivity contribution in [2.24, 2.45) is 10.9 Å². The molecule has 116 valence electrons. The highest BCUT2D eigenvalue weighted by Gasteiger charge is 2.27. The zero-order chi connectivity index (χ0) is 15.3. The van der Waals surface area contributed by atoms with Crippen LogP contribution in [0.1, 0.15) is 24.9 Å². The van der Waals surface area contributed by atoms with Crippen molar-refractivity contribution in [2.75, 3.05) is 25.1 Å². The maximum absolute atomic E-state index is 11.4. The Morgan fingerprint density at radius 3 is 2.67 bits per heavy atom. The standard InChI is InChI=1S/C15H23N3O2S/c1-12(14-6-4-3-5-7-14)18-15(16-2)17-10-13-8-9-21(19,20)11-13/h3-7,12-13H,8-11H2,1-2H3,(H2,16,17,18). The molecule has 1 aliphatic heterocycles. The fourth-order valence-electron chi connectivity index (χ4n) is 2.50. The molecule has 1 aromatic rings. The van der Waals surface area contributed by atoms with Gasteiger partial charge in [0, 0.05) is 13.6 Å². The number of nitrogens with one attached hydrogen (secondary N) is 2. The average molecular weight is 309 g/mol. The van der Waals surface area contributed by atoms with Gasteiger partial charge in [0.15, 0.2) is 15.8 Å². The third-order valence-corrected chi connectivity index (χ3v) is 5.60. The van der Waals surface area contributed by atoms with E-state index >= 15 is 0 Å². The fraction of sp³-hybridized carbons (Fsp3) is 0.533. The summed E-state index contributed by atoms with van der Waals surface area (Å²) in [5.74, 6) is 1.48. The monoisotopic (exact) mass is 309 g/mol. The van der Waals surface area contributed by atoms with E-state index in [9.17, 15) is 8.42 Å². The molecule has 2 atom stereocenters. The molecular formula is C15H23N3O2S. The highest BCUT2D eigenvalue weighted by atomic mass is 32.2. The Balaban J connectivity index is 1.84. The smallest absolute Gasteiger partial charge is 0.191 e. The lowest BCUT2D eigenvalue weighted by atomic mass is 10.1. The minimum atomic E-state index is -2.82. The van der Waals surface area contributed by atoms with Gasteiger partial charge in [0.05, 0.1) is 17.5 Å². The molecule has 1 saturated heterocycles. The fourth-order valence-corrected chi connectivity index (χ4v) is 4.36. The zero-order valence-corrected chi connectivity index (χ0v) is 13.4. The van der Waals surface area contributed by atoms with E-state index in [4.69, 9.17) is 0 Å². The van der Waals surface area contributed by atoms with Crippen LogP contribution in [-0.4, -0.2) is 39.5 Å². The predicted molar refractivity (Wildman–Crippen MR) is 86.1 cm³/mol. The highest BCUT2D eigenvalue weighted by molar-refractivity contribution is 7.91. The molecule has 2 rings (SSSR count). The number of guanidine groups is 1. The predicted octanol–water partition coefficient (Wildman–Crippen LogP) is 1.35. The van der Waals surface area contributed by atoms with E-state index in [1.165, 1.54) is 5.56 Å². The molecule has 6 heteroatoms. The van der Waals surface area contributed by atoms with Crippen LogP contribution >= 0.6 is 0 Å². The van der Waals surface area contributed by atoms with Crippen molar-refractivity contribution in [1.29, 1.82) is 0 Å². The molecule has 0 bridgehead atoms. The summed E-state index contributed by atoms with van der Waals surface area (Å²) < 4.78 is 22.9. The summed E-state index contributed by atoms with van der Waals surface area (Å²) in [6.07, 6.45) is 0.737. The Morgan fingerprint density at radius 1 is 1.38 bits per heavy atom. The van der Waals surface area contributed by atoms with E-state index < -0.39 is 9.84 Å². The number of rotatable bonds is 4. The largest absolute Gasteiger partial charge is 0.356 e. The van der Waals surface area contributed by atoms with E-state index in [-0.39, 0.29) is 17.7 Å². The molecule has 0 radical (unpaired) electrons. The summed E-state index contributed by atoms with van der Waals surface area (Å²) in [5.41, 5.74) is 1.18. The van der Waals surface area contributed by atoms with Crippen molar-refractivity contribution in [1.82, 2.24) is 10.6 Å². The number of aliphatic imine (C=N–C) groups is 1. The number of hydrogen-bond donors (Lipinski definition) is 2. The summed E-state index contributed by atoms with van der Waals surface area (Å²) in [5, 5.41) is 6.54. The van der Waals surface area contributed by atoms with Crippen molar-refractivity contribution in [3.63, 3.8) is 0 Å². The lowest BCUT2D eigenvalue weighted by molar-refractivity contribution is 0.562. The van der Waals surface area contributed by atoms with Crippen LogP contribution in [0.5, 0.6) is 0 Å². The summed E-state index contributed by atoms with van der Waals surface area (Å²) in [6, 6.07) is 10.3. The minimum Gasteiger partial charge on any atom is -0.356 e. The second kappa shape index (κ2) is 6.93. The van der Waals surface area contributed by atoms with Gasteiger partial charge in [0.25, 0.3) is 0 Å². The van der Waals surface area contributed by atoms with Crippen LogP contribution in [-0.2, 0) is 9.84 Å². The Labute approximate surface area is 126 Å². The van der Waals surface area contributed by atoms with Gasteiger partial charge in [-0.25, -0.2) is 8.42 Å². The molecule has 0 spiro atoms. The molecule has 0 aromatic heterocycles. The molecule has 1 heterocycles. The molecule has 0 amide bonds. The van der Waals surface area contributed by atoms with Gasteiger partial charge in [-0.2, -0.15) is 0 Å². The summed E-state index contributed by atoms with van der Waals surface area (Å²) in [7, 11) is -1.10. The Kier molecular flexibility index (Phi) is 5.22. The van der Waals surface area contributed by atoms with E-state index in [2.05, 4.69) is 34.7 Å². The highest BCUT2D eigenvalue weighted by Crippen LogP contribution is 2.17. The summed E-state index contributed by atoms with van der Waals surface area (Å²) >= 11 is 0. The van der Waals surface area contributed by atoms with E-state index in [1.807, 2.05) is 18.2 Å². The second-order valence-corrected chi connectivity index (χ2v) is 7.73. The van der Waals surface area contributed by atoms with Gasteiger partial charge >= 0.3 is 0 Å². The number of nitrogens with zero attached hydrogens (tertiary/aromatic N) is 1. The first-order valence-electron chi connectivity index (χ1n) is 7.23. The van der Waals surface area contributed by atoms with Crippen molar-refractivity contribution in [2.45, 2.75) is 19.4 Å². The van der Waals surface area contributed by atoms with Crippen molar-refractivity contribution < 1.29 is 8.42 Å². The molecule has 2 N–H and O–H groups in total. The van der Waals surface area contributed by atoms with Crippen LogP contribution < -0.4 is 10.6 Å². The van der Waals surface area contributed by atoms with Gasteiger partial charge in [-0.3, -0.25) is 4.99 Å². The number of benzene rings is 1. The van der Waals surface area contributed by atoms with Crippen LogP contribution in [0.4, 0.5) is 0 Å². The summed E-state index contributed by atoms with van der Waals surface area (Å²) in [4.78, 5) is 4.20. The van der Waals surface area contributed by atoms with Crippen LogP contribution in [0.25, 0.3) is 0 Å². The molecule has 1 fully saturated rings. The second-order valence-electron chi connectivity index (χ2n) is 5.50. The molecule has 0 saturated carbocycles. The van der Waals surface area contributed by atoms with E-state index in [0.717, 1.165) is 6.42 Å². The third-order valence-electron chi connectivity index (χ3n) is 3.76. The van der Waals surface area contributed by atoms with Crippen LogP contribution in [0.15, 0.2) is 35.3 Å². The molecule has 5 nitrogen and oxygen atoms in total. The van der Waals surface area contributed by atoms with Crippen LogP contribution in [0, 0.1) is 5.92 Å². The molecule has 1 aliphatic rings. The van der Waals surface area contributed by atoms with Gasteiger partial charge in [0.2, 0.25) is 0 Å². The lowest BCUT2D eigenvalue weighted by Gasteiger charge is -2.19. The van der Waals surface area contributed by atoms with Gasteiger partial charge in [-0.15, -0.1) is 0 Å². The first-order valence-corrected chi connectivity index (χ1v) is 9.05. The minimum absolute atomic E-state index is 0.143. The lowest BCUT2D eigenvalue weighted by Crippen LogP contribution is -2.41. The van der Waals surface area contributed by atoms with E-state index in [0.29, 0.717) is 18.3 Å². The Morgan fingerprint density at radius 2 is 2.10 bits per heavy atom. The van der Waals surface area contributed by atoms with Crippen molar-refractivity contribution in [3.8, 4) is 0 Å². The van der Waals surface area contributed by atoms with Gasteiger partial charge in [-0.05, 0) is 24.8 Å². The molecule has 0 aliphatic carbocycles. The van der Waals surface area contributed by atoms with Gasteiger partial charge < -0.3 is 10.6 Å². The Bertz CT molecular complexity index is 584. The molecular weight excluding hydrogens is 286 g/mol. The van der Waals surface area contributed by atoms with Crippen molar-refractivity contribution >= 4 is 15.8 Å². The van der Waals surface area contributed by atoms with E-state index in [1.54, 1.807) is 7.05 Å². The van der Waals surface area contributed by atoms with Crippen LogP contribution in [0.3, 0.4) is 0 Å². The SMILES string of the molecule is CN=C(NCC1CCS(=O)(=O)C1)NC(C)c1ccccc1. The normalized spacial score (nSPS) is 22.8. The first kappa shape index (κ1) is 15.8. The number of sulfone groups is 1. The molecule has 1 aromatic carbocycles. The van der Waals surface area contributed by atoms with Crippen molar-refractivity contribution in [3.05, 3.63) is 35.9 Å².